The number of rotatable bonds is 5. The Kier molecular flexibility index (Phi) is 5.06. The smallest absolute Gasteiger partial charge is 0.261 e. The van der Waals surface area contributed by atoms with E-state index < -0.39 is 20.7 Å². The van der Waals surface area contributed by atoms with Gasteiger partial charge in [-0.25, -0.2) is 8.42 Å². The summed E-state index contributed by atoms with van der Waals surface area (Å²) in [6.07, 6.45) is 6.31. The molecular weight excluding hydrogens is 466 g/mol. The van der Waals surface area contributed by atoms with Crippen LogP contribution in [-0.4, -0.2) is 33.0 Å². The van der Waals surface area contributed by atoms with Crippen LogP contribution in [-0.2, 0) is 9.84 Å². The first-order valence-corrected chi connectivity index (χ1v) is 13.7. The predicted octanol–water partition coefficient (Wildman–Crippen LogP) is 3.86. The van der Waals surface area contributed by atoms with Crippen LogP contribution >= 0.6 is 0 Å². The molecule has 3 N–H and O–H groups in total. The summed E-state index contributed by atoms with van der Waals surface area (Å²) in [4.78, 5) is 15.6. The molecule has 0 saturated heterocycles. The highest BCUT2D eigenvalue weighted by Crippen LogP contribution is 2.54. The molecule has 10 heteroatoms. The SMILES string of the molecule is N#CCC(C1CC1)n1nc(Nc2ccc3c(c2)C(O)C2(CCCCC2)S3(=O)=O)c2c(=O)[nH]ccc21. The van der Waals surface area contributed by atoms with E-state index in [1.165, 1.54) is 0 Å². The minimum absolute atomic E-state index is 0.113. The maximum absolute atomic E-state index is 13.4. The van der Waals surface area contributed by atoms with Gasteiger partial charge in [-0.3, -0.25) is 9.48 Å². The van der Waals surface area contributed by atoms with E-state index in [-0.39, 0.29) is 16.5 Å². The fourth-order valence-corrected chi connectivity index (χ4v) is 8.44. The predicted molar refractivity (Wildman–Crippen MR) is 130 cm³/mol. The van der Waals surface area contributed by atoms with Gasteiger partial charge in [-0.05, 0) is 55.9 Å². The molecule has 2 aliphatic carbocycles. The van der Waals surface area contributed by atoms with Crippen molar-refractivity contribution >= 4 is 32.2 Å². The number of hydrogen-bond acceptors (Lipinski definition) is 7. The van der Waals surface area contributed by atoms with E-state index >= 15 is 0 Å². The first kappa shape index (κ1) is 22.3. The molecule has 1 spiro atoms. The molecule has 2 saturated carbocycles. The molecule has 3 aromatic rings. The van der Waals surface area contributed by atoms with Crippen LogP contribution in [0.3, 0.4) is 0 Å². The number of fused-ring (bicyclic) bond motifs is 2. The van der Waals surface area contributed by atoms with Gasteiger partial charge >= 0.3 is 0 Å². The number of aliphatic hydroxyl groups excluding tert-OH is 1. The second-order valence-electron chi connectivity index (χ2n) is 10.0. The van der Waals surface area contributed by atoms with Crippen LogP contribution in [0.4, 0.5) is 11.5 Å². The van der Waals surface area contributed by atoms with Gasteiger partial charge in [-0.15, -0.1) is 0 Å². The van der Waals surface area contributed by atoms with Crippen molar-refractivity contribution in [3.8, 4) is 6.07 Å². The maximum atomic E-state index is 13.4. The average Bonchev–Trinajstić information content (AvgIpc) is 3.61. The molecule has 2 unspecified atom stereocenters. The lowest BCUT2D eigenvalue weighted by atomic mass is 9.82. The Balaban J connectivity index is 1.42. The number of pyridine rings is 1. The van der Waals surface area contributed by atoms with Crippen molar-refractivity contribution < 1.29 is 13.5 Å². The Morgan fingerprint density at radius 3 is 2.74 bits per heavy atom. The number of anilines is 2. The van der Waals surface area contributed by atoms with Crippen LogP contribution in [0.2, 0.25) is 0 Å². The largest absolute Gasteiger partial charge is 0.387 e. The minimum Gasteiger partial charge on any atom is -0.387 e. The number of nitrogens with zero attached hydrogens (tertiary/aromatic N) is 3. The molecule has 6 rings (SSSR count). The third-order valence-electron chi connectivity index (χ3n) is 8.00. The Labute approximate surface area is 202 Å². The first-order valence-electron chi connectivity index (χ1n) is 12.2. The van der Waals surface area contributed by atoms with Gasteiger partial charge in [0.15, 0.2) is 15.7 Å². The van der Waals surface area contributed by atoms with Crippen molar-refractivity contribution in [2.45, 2.75) is 73.2 Å². The lowest BCUT2D eigenvalue weighted by molar-refractivity contribution is 0.107. The summed E-state index contributed by atoms with van der Waals surface area (Å²) in [7, 11) is -3.65. The molecule has 0 amide bonds. The van der Waals surface area contributed by atoms with Crippen LogP contribution in [0.15, 0.2) is 40.2 Å². The molecule has 35 heavy (non-hydrogen) atoms. The summed E-state index contributed by atoms with van der Waals surface area (Å²) >= 11 is 0. The van der Waals surface area contributed by atoms with Gasteiger partial charge in [-0.2, -0.15) is 10.4 Å². The minimum atomic E-state index is -3.65. The zero-order valence-corrected chi connectivity index (χ0v) is 20.0. The number of nitrogens with one attached hydrogen (secondary N) is 2. The zero-order valence-electron chi connectivity index (χ0n) is 19.2. The lowest BCUT2D eigenvalue weighted by Crippen LogP contribution is -2.41. The van der Waals surface area contributed by atoms with Crippen LogP contribution in [0, 0.1) is 17.2 Å². The highest BCUT2D eigenvalue weighted by Gasteiger charge is 2.57. The normalized spacial score (nSPS) is 23.1. The molecule has 0 bridgehead atoms. The van der Waals surface area contributed by atoms with E-state index in [4.69, 9.17) is 5.10 Å². The van der Waals surface area contributed by atoms with E-state index in [0.29, 0.717) is 53.2 Å². The maximum Gasteiger partial charge on any atom is 0.261 e. The molecule has 9 nitrogen and oxygen atoms in total. The van der Waals surface area contributed by atoms with E-state index in [1.807, 2.05) is 0 Å². The van der Waals surface area contributed by atoms with Crippen molar-refractivity contribution in [1.82, 2.24) is 14.8 Å². The molecule has 0 radical (unpaired) electrons. The molecule has 182 valence electrons. The third kappa shape index (κ3) is 3.25. The quantitative estimate of drug-likeness (QED) is 0.490. The molecule has 3 aliphatic rings. The Bertz CT molecular complexity index is 1520. The van der Waals surface area contributed by atoms with Crippen molar-refractivity contribution in [1.29, 1.82) is 5.26 Å². The van der Waals surface area contributed by atoms with E-state index in [0.717, 1.165) is 32.1 Å². The van der Waals surface area contributed by atoms with Gasteiger partial charge in [0.25, 0.3) is 5.56 Å². The monoisotopic (exact) mass is 493 g/mol. The molecule has 2 fully saturated rings. The highest BCUT2D eigenvalue weighted by molar-refractivity contribution is 7.93. The standard InChI is InChI=1S/C25H27N5O4S/c26-12-8-18(15-4-5-15)30-19-9-13-27-24(32)21(19)23(29-30)28-16-6-7-20-17(14-16)22(31)25(35(20,33)34)10-2-1-3-11-25/h6-7,9,13-15,18,22,31H,1-5,8,10-11H2,(H,27,32)(H,28,29). The molecular formula is C25H27N5O4S. The van der Waals surface area contributed by atoms with Crippen molar-refractivity contribution in [2.24, 2.45) is 5.92 Å². The molecule has 3 heterocycles. The summed E-state index contributed by atoms with van der Waals surface area (Å²) in [6.45, 7) is 0. The summed E-state index contributed by atoms with van der Waals surface area (Å²) < 4.78 is 27.4. The number of aliphatic hydroxyl groups is 1. The summed E-state index contributed by atoms with van der Waals surface area (Å²) in [5.41, 5.74) is 1.29. The fraction of sp³-hybridized carbons (Fsp3) is 0.480. The number of H-pyrrole nitrogens is 1. The first-order chi connectivity index (χ1) is 16.9. The lowest BCUT2D eigenvalue weighted by Gasteiger charge is -2.35. The van der Waals surface area contributed by atoms with Gasteiger partial charge in [0.1, 0.15) is 16.2 Å². The second kappa shape index (κ2) is 7.93. The molecule has 2 atom stereocenters. The zero-order chi connectivity index (χ0) is 24.4. The topological polar surface area (TPSA) is 141 Å². The van der Waals surface area contributed by atoms with E-state index in [2.05, 4.69) is 16.4 Å². The summed E-state index contributed by atoms with van der Waals surface area (Å²) in [5, 5.41) is 28.8. The number of aromatic nitrogens is 3. The Morgan fingerprint density at radius 2 is 2.03 bits per heavy atom. The van der Waals surface area contributed by atoms with Gasteiger partial charge in [-0.1, -0.05) is 19.3 Å². The number of benzene rings is 1. The van der Waals surface area contributed by atoms with Gasteiger partial charge in [0, 0.05) is 17.4 Å². The van der Waals surface area contributed by atoms with Crippen LogP contribution < -0.4 is 10.9 Å². The Hall–Kier alpha value is -3.16. The summed E-state index contributed by atoms with van der Waals surface area (Å²) in [5.74, 6) is 0.699. The van der Waals surface area contributed by atoms with Crippen LogP contribution in [0.1, 0.15) is 69.1 Å². The molecule has 1 aliphatic heterocycles. The number of aromatic amines is 1. The van der Waals surface area contributed by atoms with Crippen LogP contribution in [0.25, 0.3) is 10.9 Å². The molecule has 2 aromatic heterocycles. The highest BCUT2D eigenvalue weighted by atomic mass is 32.2. The van der Waals surface area contributed by atoms with Gasteiger partial charge in [0.2, 0.25) is 0 Å². The fourth-order valence-electron chi connectivity index (χ4n) is 6.03. The number of nitriles is 1. The molecule has 1 aromatic carbocycles. The van der Waals surface area contributed by atoms with Crippen LogP contribution in [0.5, 0.6) is 0 Å². The van der Waals surface area contributed by atoms with Gasteiger partial charge in [0.05, 0.1) is 28.9 Å². The summed E-state index contributed by atoms with van der Waals surface area (Å²) in [6, 6.07) is 8.78. The van der Waals surface area contributed by atoms with Crippen molar-refractivity contribution in [3.63, 3.8) is 0 Å². The Morgan fingerprint density at radius 1 is 1.26 bits per heavy atom. The van der Waals surface area contributed by atoms with E-state index in [1.54, 1.807) is 35.1 Å². The van der Waals surface area contributed by atoms with Crippen molar-refractivity contribution in [2.75, 3.05) is 5.32 Å². The average molecular weight is 494 g/mol. The number of sulfone groups is 1. The van der Waals surface area contributed by atoms with Gasteiger partial charge < -0.3 is 15.4 Å². The number of hydrogen-bond donors (Lipinski definition) is 3. The van der Waals surface area contributed by atoms with E-state index in [9.17, 15) is 23.6 Å². The van der Waals surface area contributed by atoms with Crippen molar-refractivity contribution in [3.05, 3.63) is 46.4 Å². The third-order valence-corrected chi connectivity index (χ3v) is 10.7. The second-order valence-corrected chi connectivity index (χ2v) is 12.3.